The molecule has 0 unspecified atom stereocenters. The number of hydrogen-bond donors (Lipinski definition) is 1. The van der Waals surface area contributed by atoms with Gasteiger partial charge in [0.1, 0.15) is 11.4 Å². The summed E-state index contributed by atoms with van der Waals surface area (Å²) in [6.07, 6.45) is 0.165. The molecule has 0 spiro atoms. The highest BCUT2D eigenvalue weighted by molar-refractivity contribution is 6.04. The molecule has 0 fully saturated rings. The number of nitrogens with zero attached hydrogens (tertiary/aromatic N) is 2. The monoisotopic (exact) mass is 437 g/mol. The normalized spacial score (nSPS) is 11.3. The Hall–Kier alpha value is -3.48. The van der Waals surface area contributed by atoms with Crippen molar-refractivity contribution < 1.29 is 18.7 Å². The molecule has 0 atom stereocenters. The maximum Gasteiger partial charge on any atom is 0.310 e. The molecule has 0 aliphatic heterocycles. The number of anilines is 1. The molecule has 1 aromatic heterocycles. The van der Waals surface area contributed by atoms with Gasteiger partial charge in [0.25, 0.3) is 5.91 Å². The largest absolute Gasteiger partial charge is 0.460 e. The van der Waals surface area contributed by atoms with Gasteiger partial charge in [0, 0.05) is 22.5 Å². The second kappa shape index (κ2) is 9.34. The number of amides is 1. The van der Waals surface area contributed by atoms with Crippen LogP contribution in [0.1, 0.15) is 53.6 Å². The van der Waals surface area contributed by atoms with Gasteiger partial charge in [-0.1, -0.05) is 18.2 Å². The van der Waals surface area contributed by atoms with Crippen LogP contribution < -0.4 is 5.32 Å². The molecular formula is C25H28FN3O3. The predicted molar refractivity (Wildman–Crippen MR) is 121 cm³/mol. The van der Waals surface area contributed by atoms with Crippen molar-refractivity contribution in [2.75, 3.05) is 5.32 Å². The molecule has 0 bridgehead atoms. The molecule has 0 aliphatic carbocycles. The average Bonchev–Trinajstić information content (AvgIpc) is 2.94. The number of benzene rings is 2. The molecule has 2 aromatic carbocycles. The fraction of sp³-hybridized carbons (Fsp3) is 0.320. The first-order chi connectivity index (χ1) is 15.0. The van der Waals surface area contributed by atoms with Crippen molar-refractivity contribution in [1.82, 2.24) is 9.78 Å². The number of rotatable bonds is 6. The van der Waals surface area contributed by atoms with Crippen molar-refractivity contribution in [3.8, 4) is 0 Å². The van der Waals surface area contributed by atoms with E-state index in [9.17, 15) is 14.0 Å². The van der Waals surface area contributed by atoms with Crippen LogP contribution in [0.4, 0.5) is 10.1 Å². The zero-order valence-corrected chi connectivity index (χ0v) is 19.0. The number of aryl methyl sites for hydroxylation is 1. The Morgan fingerprint density at radius 3 is 2.50 bits per heavy atom. The Balaban J connectivity index is 1.73. The van der Waals surface area contributed by atoms with Crippen LogP contribution in [0.5, 0.6) is 0 Å². The van der Waals surface area contributed by atoms with Crippen LogP contribution in [0.3, 0.4) is 0 Å². The van der Waals surface area contributed by atoms with E-state index in [1.54, 1.807) is 12.1 Å². The summed E-state index contributed by atoms with van der Waals surface area (Å²) in [4.78, 5) is 24.7. The minimum Gasteiger partial charge on any atom is -0.460 e. The summed E-state index contributed by atoms with van der Waals surface area (Å²) < 4.78 is 20.7. The molecule has 3 aromatic rings. The molecule has 1 heterocycles. The number of halogens is 1. The van der Waals surface area contributed by atoms with E-state index in [0.29, 0.717) is 12.2 Å². The maximum absolute atomic E-state index is 13.4. The predicted octanol–water partition coefficient (Wildman–Crippen LogP) is 4.82. The highest BCUT2D eigenvalue weighted by Crippen LogP contribution is 2.19. The third kappa shape index (κ3) is 6.03. The van der Waals surface area contributed by atoms with Gasteiger partial charge in [-0.05, 0) is 70.5 Å². The van der Waals surface area contributed by atoms with Crippen LogP contribution in [-0.4, -0.2) is 27.3 Å². The molecule has 7 heteroatoms. The molecule has 0 radical (unpaired) electrons. The molecule has 3 rings (SSSR count). The van der Waals surface area contributed by atoms with Crippen LogP contribution in [0.15, 0.2) is 48.5 Å². The lowest BCUT2D eigenvalue weighted by molar-refractivity contribution is -0.153. The van der Waals surface area contributed by atoms with E-state index in [1.807, 2.05) is 57.5 Å². The Kier molecular flexibility index (Phi) is 6.77. The van der Waals surface area contributed by atoms with E-state index < -0.39 is 11.4 Å². The molecule has 168 valence electrons. The van der Waals surface area contributed by atoms with Crippen molar-refractivity contribution >= 4 is 17.6 Å². The van der Waals surface area contributed by atoms with Gasteiger partial charge in [0.2, 0.25) is 0 Å². The summed E-state index contributed by atoms with van der Waals surface area (Å²) in [5.41, 5.74) is 3.77. The van der Waals surface area contributed by atoms with Crippen molar-refractivity contribution in [1.29, 1.82) is 0 Å². The minimum absolute atomic E-state index is 0.165. The fourth-order valence-corrected chi connectivity index (χ4v) is 3.42. The average molecular weight is 438 g/mol. The highest BCUT2D eigenvalue weighted by Gasteiger charge is 2.20. The second-order valence-electron chi connectivity index (χ2n) is 8.74. The standard InChI is InChI=1S/C25H28FN3O3/c1-16-22(14-23(30)32-25(3,4)5)17(2)29(28-16)15-18-8-6-11-21(12-18)27-24(31)19-9-7-10-20(26)13-19/h6-13H,14-15H2,1-5H3,(H,27,31). The SMILES string of the molecule is Cc1nn(Cc2cccc(NC(=O)c3cccc(F)c3)c2)c(C)c1CC(=O)OC(C)(C)C. The third-order valence-corrected chi connectivity index (χ3v) is 4.88. The number of nitrogens with one attached hydrogen (secondary N) is 1. The van der Waals surface area contributed by atoms with Crippen LogP contribution in [-0.2, 0) is 22.5 Å². The van der Waals surface area contributed by atoms with Crippen LogP contribution in [0.25, 0.3) is 0 Å². The van der Waals surface area contributed by atoms with Gasteiger partial charge in [0.15, 0.2) is 0 Å². The van der Waals surface area contributed by atoms with E-state index in [4.69, 9.17) is 4.74 Å². The van der Waals surface area contributed by atoms with Gasteiger partial charge >= 0.3 is 5.97 Å². The van der Waals surface area contributed by atoms with Gasteiger partial charge in [-0.25, -0.2) is 4.39 Å². The van der Waals surface area contributed by atoms with Crippen LogP contribution >= 0.6 is 0 Å². The number of carbonyl (C=O) groups excluding carboxylic acids is 2. The van der Waals surface area contributed by atoms with Crippen molar-refractivity contribution in [3.05, 3.63) is 82.4 Å². The fourth-order valence-electron chi connectivity index (χ4n) is 3.42. The van der Waals surface area contributed by atoms with Crippen LogP contribution in [0, 0.1) is 19.7 Å². The van der Waals surface area contributed by atoms with E-state index in [1.165, 1.54) is 18.2 Å². The lowest BCUT2D eigenvalue weighted by atomic mass is 10.1. The lowest BCUT2D eigenvalue weighted by Gasteiger charge is -2.19. The number of aromatic nitrogens is 2. The molecule has 0 saturated heterocycles. The smallest absolute Gasteiger partial charge is 0.310 e. The number of carbonyl (C=O) groups is 2. The van der Waals surface area contributed by atoms with Crippen molar-refractivity contribution in [2.45, 2.75) is 53.2 Å². The zero-order chi connectivity index (χ0) is 23.5. The molecule has 6 nitrogen and oxygen atoms in total. The summed E-state index contributed by atoms with van der Waals surface area (Å²) in [6, 6.07) is 12.9. The van der Waals surface area contributed by atoms with Crippen molar-refractivity contribution in [2.24, 2.45) is 0 Å². The number of esters is 1. The van der Waals surface area contributed by atoms with E-state index in [-0.39, 0.29) is 23.9 Å². The Labute approximate surface area is 187 Å². The first kappa shape index (κ1) is 23.2. The van der Waals surface area contributed by atoms with Crippen molar-refractivity contribution in [3.63, 3.8) is 0 Å². The summed E-state index contributed by atoms with van der Waals surface area (Å²) in [6.45, 7) is 9.80. The molecule has 0 saturated carbocycles. The summed E-state index contributed by atoms with van der Waals surface area (Å²) in [5, 5.41) is 7.38. The van der Waals surface area contributed by atoms with Gasteiger partial charge in [-0.2, -0.15) is 5.10 Å². The van der Waals surface area contributed by atoms with Gasteiger partial charge in [0.05, 0.1) is 18.7 Å². The summed E-state index contributed by atoms with van der Waals surface area (Å²) in [5.74, 6) is -1.13. The Morgan fingerprint density at radius 2 is 1.81 bits per heavy atom. The summed E-state index contributed by atoms with van der Waals surface area (Å²) in [7, 11) is 0. The number of hydrogen-bond acceptors (Lipinski definition) is 4. The summed E-state index contributed by atoms with van der Waals surface area (Å²) >= 11 is 0. The van der Waals surface area contributed by atoms with Crippen LogP contribution in [0.2, 0.25) is 0 Å². The molecule has 1 amide bonds. The van der Waals surface area contributed by atoms with E-state index in [2.05, 4.69) is 10.4 Å². The topological polar surface area (TPSA) is 73.2 Å². The third-order valence-electron chi connectivity index (χ3n) is 4.88. The quantitative estimate of drug-likeness (QED) is 0.561. The molecule has 32 heavy (non-hydrogen) atoms. The Morgan fingerprint density at radius 1 is 1.09 bits per heavy atom. The molecule has 0 aliphatic rings. The molecule has 1 N–H and O–H groups in total. The Bertz CT molecular complexity index is 1150. The first-order valence-electron chi connectivity index (χ1n) is 10.4. The van der Waals surface area contributed by atoms with Gasteiger partial charge in [-0.3, -0.25) is 14.3 Å². The van der Waals surface area contributed by atoms with Gasteiger partial charge in [-0.15, -0.1) is 0 Å². The highest BCUT2D eigenvalue weighted by atomic mass is 19.1. The zero-order valence-electron chi connectivity index (χ0n) is 19.0. The van der Waals surface area contributed by atoms with E-state index >= 15 is 0 Å². The number of ether oxygens (including phenoxy) is 1. The second-order valence-corrected chi connectivity index (χ2v) is 8.74. The first-order valence-corrected chi connectivity index (χ1v) is 10.4. The van der Waals surface area contributed by atoms with Gasteiger partial charge < -0.3 is 10.1 Å². The maximum atomic E-state index is 13.4. The van der Waals surface area contributed by atoms with E-state index in [0.717, 1.165) is 22.5 Å². The molecular weight excluding hydrogens is 409 g/mol. The lowest BCUT2D eigenvalue weighted by Crippen LogP contribution is -2.25. The minimum atomic E-state index is -0.536.